The molecule has 3 heterocycles. The summed E-state index contributed by atoms with van der Waals surface area (Å²) in [5.74, 6) is 1.46. The summed E-state index contributed by atoms with van der Waals surface area (Å²) in [7, 11) is 0. The van der Waals surface area contributed by atoms with Crippen LogP contribution >= 0.6 is 11.6 Å². The monoisotopic (exact) mass is 376 g/mol. The first-order valence-corrected chi connectivity index (χ1v) is 9.22. The van der Waals surface area contributed by atoms with Gasteiger partial charge in [-0.3, -0.25) is 4.98 Å². The number of hydrogen-bond acceptors (Lipinski definition) is 5. The Balaban J connectivity index is 1.78. The molecule has 0 radical (unpaired) electrons. The van der Waals surface area contributed by atoms with Crippen LogP contribution in [-0.2, 0) is 0 Å². The van der Waals surface area contributed by atoms with Gasteiger partial charge < -0.3 is 5.73 Å². The fraction of sp³-hybridized carbons (Fsp3) is 0.200. The molecule has 0 unspecified atom stereocenters. The van der Waals surface area contributed by atoms with Crippen molar-refractivity contribution in [2.75, 3.05) is 5.73 Å². The van der Waals surface area contributed by atoms with Crippen molar-refractivity contribution in [2.45, 2.75) is 25.7 Å². The van der Waals surface area contributed by atoms with Crippen LogP contribution in [0.25, 0.3) is 28.0 Å². The summed E-state index contributed by atoms with van der Waals surface area (Å²) >= 11 is 6.50. The fourth-order valence-electron chi connectivity index (χ4n) is 3.28. The lowest BCUT2D eigenvalue weighted by molar-refractivity contribution is 0.822. The molecule has 0 spiro atoms. The van der Waals surface area contributed by atoms with Gasteiger partial charge in [-0.1, -0.05) is 17.7 Å². The Morgan fingerprint density at radius 3 is 2.78 bits per heavy atom. The van der Waals surface area contributed by atoms with Gasteiger partial charge in [0.25, 0.3) is 0 Å². The van der Waals surface area contributed by atoms with E-state index in [9.17, 15) is 0 Å². The second kappa shape index (κ2) is 6.03. The highest BCUT2D eigenvalue weighted by Crippen LogP contribution is 2.43. The SMILES string of the molecule is Cc1ccn(-c2nc(N)c(C3CC3)nc2-c2cc(Cl)c3ncccc3c2)n1. The standard InChI is InChI=1S/C20H17ClN6/c1-11-6-8-27(26-11)20-18(24-17(12-4-5-12)19(22)25-20)14-9-13-3-2-7-23-16(13)15(21)10-14/h2-3,6-10,12H,4-5H2,1H3,(H2,22,25). The van der Waals surface area contributed by atoms with Crippen LogP contribution in [0.5, 0.6) is 0 Å². The van der Waals surface area contributed by atoms with Crippen LogP contribution < -0.4 is 5.73 Å². The molecule has 134 valence electrons. The number of fused-ring (bicyclic) bond motifs is 1. The van der Waals surface area contributed by atoms with Crippen molar-refractivity contribution < 1.29 is 0 Å². The largest absolute Gasteiger partial charge is 0.382 e. The molecule has 0 amide bonds. The Morgan fingerprint density at radius 2 is 2.04 bits per heavy atom. The molecule has 0 atom stereocenters. The van der Waals surface area contributed by atoms with Crippen molar-refractivity contribution in [3.8, 4) is 17.1 Å². The Kier molecular flexibility index (Phi) is 3.62. The molecule has 0 aliphatic heterocycles. The van der Waals surface area contributed by atoms with Crippen LogP contribution in [-0.4, -0.2) is 24.7 Å². The molecule has 1 saturated carbocycles. The van der Waals surface area contributed by atoms with E-state index < -0.39 is 0 Å². The predicted molar refractivity (Wildman–Crippen MR) is 106 cm³/mol. The van der Waals surface area contributed by atoms with Gasteiger partial charge in [-0.2, -0.15) is 5.10 Å². The zero-order valence-electron chi connectivity index (χ0n) is 14.7. The molecule has 6 nitrogen and oxygen atoms in total. The number of aryl methyl sites for hydroxylation is 1. The van der Waals surface area contributed by atoms with Crippen LogP contribution in [0.1, 0.15) is 30.1 Å². The number of rotatable bonds is 3. The van der Waals surface area contributed by atoms with Gasteiger partial charge in [0.2, 0.25) is 0 Å². The maximum atomic E-state index is 6.50. The summed E-state index contributed by atoms with van der Waals surface area (Å²) in [6.45, 7) is 1.93. The number of nitrogen functional groups attached to an aromatic ring is 1. The number of hydrogen-bond donors (Lipinski definition) is 1. The molecule has 1 aliphatic carbocycles. The molecule has 4 aromatic rings. The highest BCUT2D eigenvalue weighted by Gasteiger charge is 2.30. The number of aromatic nitrogens is 5. The van der Waals surface area contributed by atoms with Crippen LogP contribution in [0.4, 0.5) is 5.82 Å². The van der Waals surface area contributed by atoms with E-state index in [1.54, 1.807) is 10.9 Å². The van der Waals surface area contributed by atoms with E-state index in [0.29, 0.717) is 22.6 Å². The maximum Gasteiger partial charge on any atom is 0.182 e. The number of nitrogens with two attached hydrogens (primary N) is 1. The lowest BCUT2D eigenvalue weighted by Crippen LogP contribution is -2.09. The molecule has 2 N–H and O–H groups in total. The zero-order chi connectivity index (χ0) is 18.5. The minimum atomic E-state index is 0.391. The lowest BCUT2D eigenvalue weighted by Gasteiger charge is -2.13. The Labute approximate surface area is 161 Å². The highest BCUT2D eigenvalue weighted by molar-refractivity contribution is 6.35. The summed E-state index contributed by atoms with van der Waals surface area (Å²) in [6, 6.07) is 9.72. The molecule has 7 heteroatoms. The van der Waals surface area contributed by atoms with Gasteiger partial charge in [-0.05, 0) is 44.0 Å². The third-order valence-electron chi connectivity index (χ3n) is 4.77. The van der Waals surface area contributed by atoms with Crippen LogP contribution in [0, 0.1) is 6.92 Å². The fourth-order valence-corrected chi connectivity index (χ4v) is 3.56. The average molecular weight is 377 g/mol. The van der Waals surface area contributed by atoms with E-state index in [4.69, 9.17) is 22.3 Å². The third-order valence-corrected chi connectivity index (χ3v) is 5.06. The molecule has 1 fully saturated rings. The molecular weight excluding hydrogens is 360 g/mol. The number of benzene rings is 1. The van der Waals surface area contributed by atoms with E-state index >= 15 is 0 Å². The van der Waals surface area contributed by atoms with Crippen LogP contribution in [0.3, 0.4) is 0 Å². The van der Waals surface area contributed by atoms with E-state index in [1.165, 1.54) is 0 Å². The molecule has 3 aromatic heterocycles. The first kappa shape index (κ1) is 16.2. The van der Waals surface area contributed by atoms with Gasteiger partial charge in [-0.15, -0.1) is 0 Å². The van der Waals surface area contributed by atoms with Gasteiger partial charge >= 0.3 is 0 Å². The first-order valence-electron chi connectivity index (χ1n) is 8.85. The minimum absolute atomic E-state index is 0.391. The predicted octanol–water partition coefficient (Wildman–Crippen LogP) is 4.30. The summed E-state index contributed by atoms with van der Waals surface area (Å²) in [6.07, 6.45) is 5.80. The van der Waals surface area contributed by atoms with Gasteiger partial charge in [0.1, 0.15) is 11.5 Å². The molecule has 0 saturated heterocycles. The van der Waals surface area contributed by atoms with Crippen molar-refractivity contribution in [1.29, 1.82) is 0 Å². The second-order valence-corrected chi connectivity index (χ2v) is 7.28. The van der Waals surface area contributed by atoms with E-state index in [2.05, 4.69) is 15.1 Å². The van der Waals surface area contributed by atoms with Gasteiger partial charge in [0.05, 0.1) is 21.9 Å². The summed E-state index contributed by atoms with van der Waals surface area (Å²) < 4.78 is 1.71. The molecule has 27 heavy (non-hydrogen) atoms. The second-order valence-electron chi connectivity index (χ2n) is 6.88. The molecule has 1 aliphatic rings. The van der Waals surface area contributed by atoms with E-state index in [1.807, 2.05) is 43.5 Å². The van der Waals surface area contributed by atoms with E-state index in [0.717, 1.165) is 46.4 Å². The smallest absolute Gasteiger partial charge is 0.182 e. The molecule has 5 rings (SSSR count). The Morgan fingerprint density at radius 1 is 1.19 bits per heavy atom. The molecular formula is C20H17ClN6. The minimum Gasteiger partial charge on any atom is -0.382 e. The number of anilines is 1. The maximum absolute atomic E-state index is 6.50. The lowest BCUT2D eigenvalue weighted by atomic mass is 10.1. The van der Waals surface area contributed by atoms with Gasteiger partial charge in [0, 0.05) is 29.3 Å². The first-order chi connectivity index (χ1) is 13.1. The normalized spacial score (nSPS) is 14.0. The van der Waals surface area contributed by atoms with Crippen LogP contribution in [0.2, 0.25) is 5.02 Å². The van der Waals surface area contributed by atoms with Crippen molar-refractivity contribution in [1.82, 2.24) is 24.7 Å². The molecule has 1 aromatic carbocycles. The number of halogens is 1. The summed E-state index contributed by atoms with van der Waals surface area (Å²) in [5, 5.41) is 6.03. The van der Waals surface area contributed by atoms with Gasteiger partial charge in [0.15, 0.2) is 5.82 Å². The third kappa shape index (κ3) is 2.82. The Bertz CT molecular complexity index is 1180. The quantitative estimate of drug-likeness (QED) is 0.576. The van der Waals surface area contributed by atoms with Crippen molar-refractivity contribution in [2.24, 2.45) is 0 Å². The van der Waals surface area contributed by atoms with Crippen LogP contribution in [0.15, 0.2) is 42.7 Å². The molecule has 0 bridgehead atoms. The van der Waals surface area contributed by atoms with Crippen molar-refractivity contribution in [3.63, 3.8) is 0 Å². The van der Waals surface area contributed by atoms with Crippen molar-refractivity contribution in [3.05, 3.63) is 59.1 Å². The zero-order valence-corrected chi connectivity index (χ0v) is 15.5. The summed E-state index contributed by atoms with van der Waals surface area (Å²) in [4.78, 5) is 13.9. The topological polar surface area (TPSA) is 82.5 Å². The number of nitrogens with zero attached hydrogens (tertiary/aromatic N) is 5. The summed E-state index contributed by atoms with van der Waals surface area (Å²) in [5.41, 5.74) is 10.3. The average Bonchev–Trinajstić information content (AvgIpc) is 3.42. The highest BCUT2D eigenvalue weighted by atomic mass is 35.5. The van der Waals surface area contributed by atoms with Gasteiger partial charge in [-0.25, -0.2) is 14.6 Å². The van der Waals surface area contributed by atoms with E-state index in [-0.39, 0.29) is 0 Å². The number of pyridine rings is 1. The Hall–Kier alpha value is -2.99. The van der Waals surface area contributed by atoms with Crippen molar-refractivity contribution >= 4 is 28.3 Å².